The third-order valence-electron chi connectivity index (χ3n) is 2.98. The highest BCUT2D eigenvalue weighted by molar-refractivity contribution is 14.1. The normalized spacial score (nSPS) is 13.5. The molecule has 0 radical (unpaired) electrons. The summed E-state index contributed by atoms with van der Waals surface area (Å²) >= 11 is 2.30. The molecule has 1 aromatic heterocycles. The van der Waals surface area contributed by atoms with E-state index in [2.05, 4.69) is 62.1 Å². The molecule has 2 aromatic rings. The van der Waals surface area contributed by atoms with Crippen LogP contribution in [-0.2, 0) is 12.8 Å². The van der Waals surface area contributed by atoms with Crippen molar-refractivity contribution in [3.63, 3.8) is 0 Å². The Bertz CT molecular complexity index is 537. The van der Waals surface area contributed by atoms with Crippen LogP contribution in [-0.4, -0.2) is 9.97 Å². The van der Waals surface area contributed by atoms with Gasteiger partial charge in [0.2, 0.25) is 0 Å². The van der Waals surface area contributed by atoms with E-state index < -0.39 is 0 Å². The van der Waals surface area contributed by atoms with Crippen molar-refractivity contribution in [2.45, 2.75) is 19.3 Å². The standard InChI is InChI=1S/C13H12IN3/c14-9-4-6-10(7-5-9)17-13-11-2-1-3-12(11)15-8-16-13/h4-8H,1-3H2,(H,15,16,17). The molecular weight excluding hydrogens is 325 g/mol. The third-order valence-corrected chi connectivity index (χ3v) is 3.70. The number of aryl methyl sites for hydroxylation is 1. The lowest BCUT2D eigenvalue weighted by molar-refractivity contribution is 0.899. The van der Waals surface area contributed by atoms with E-state index in [9.17, 15) is 0 Å². The third kappa shape index (κ3) is 2.26. The Morgan fingerprint density at radius 3 is 2.71 bits per heavy atom. The van der Waals surface area contributed by atoms with Crippen molar-refractivity contribution in [3.8, 4) is 0 Å². The molecule has 3 rings (SSSR count). The lowest BCUT2D eigenvalue weighted by atomic mass is 10.2. The average molecular weight is 337 g/mol. The Labute approximate surface area is 114 Å². The highest BCUT2D eigenvalue weighted by Crippen LogP contribution is 2.27. The van der Waals surface area contributed by atoms with E-state index in [0.29, 0.717) is 0 Å². The fraction of sp³-hybridized carbons (Fsp3) is 0.231. The molecular formula is C13H12IN3. The summed E-state index contributed by atoms with van der Waals surface area (Å²) in [5.74, 6) is 0.966. The van der Waals surface area contributed by atoms with Crippen LogP contribution in [0.4, 0.5) is 11.5 Å². The van der Waals surface area contributed by atoms with Crippen LogP contribution in [0.25, 0.3) is 0 Å². The van der Waals surface area contributed by atoms with Gasteiger partial charge in [-0.15, -0.1) is 0 Å². The van der Waals surface area contributed by atoms with Gasteiger partial charge in [-0.05, 0) is 66.1 Å². The summed E-state index contributed by atoms with van der Waals surface area (Å²) in [6.07, 6.45) is 5.01. The predicted molar refractivity (Wildman–Crippen MR) is 76.5 cm³/mol. The van der Waals surface area contributed by atoms with Crippen LogP contribution < -0.4 is 5.32 Å². The van der Waals surface area contributed by atoms with E-state index in [1.165, 1.54) is 21.2 Å². The van der Waals surface area contributed by atoms with Crippen molar-refractivity contribution in [1.29, 1.82) is 0 Å². The number of nitrogens with zero attached hydrogens (tertiary/aromatic N) is 2. The van der Waals surface area contributed by atoms with Crippen molar-refractivity contribution < 1.29 is 0 Å². The SMILES string of the molecule is Ic1ccc(Nc2ncnc3c2CCC3)cc1. The summed E-state index contributed by atoms with van der Waals surface area (Å²) in [6.45, 7) is 0. The number of anilines is 2. The van der Waals surface area contributed by atoms with Crippen molar-refractivity contribution in [1.82, 2.24) is 9.97 Å². The largest absolute Gasteiger partial charge is 0.340 e. The molecule has 1 N–H and O–H groups in total. The van der Waals surface area contributed by atoms with E-state index >= 15 is 0 Å². The van der Waals surface area contributed by atoms with E-state index in [1.807, 2.05) is 0 Å². The number of fused-ring (bicyclic) bond motifs is 1. The summed E-state index contributed by atoms with van der Waals surface area (Å²) in [5.41, 5.74) is 3.57. The number of hydrogen-bond acceptors (Lipinski definition) is 3. The smallest absolute Gasteiger partial charge is 0.137 e. The summed E-state index contributed by atoms with van der Waals surface area (Å²) in [6, 6.07) is 8.32. The van der Waals surface area contributed by atoms with Crippen molar-refractivity contribution in [2.75, 3.05) is 5.32 Å². The molecule has 1 heterocycles. The van der Waals surface area contributed by atoms with E-state index in [1.54, 1.807) is 6.33 Å². The molecule has 1 aliphatic carbocycles. The lowest BCUT2D eigenvalue weighted by Crippen LogP contribution is -2.00. The number of aromatic nitrogens is 2. The van der Waals surface area contributed by atoms with Gasteiger partial charge in [0.15, 0.2) is 0 Å². The van der Waals surface area contributed by atoms with Gasteiger partial charge in [-0.1, -0.05) is 0 Å². The second-order valence-electron chi connectivity index (χ2n) is 4.13. The summed E-state index contributed by atoms with van der Waals surface area (Å²) < 4.78 is 1.24. The molecule has 4 heteroatoms. The molecule has 0 amide bonds. The Kier molecular flexibility index (Phi) is 2.96. The molecule has 1 aliphatic rings. The Morgan fingerprint density at radius 2 is 1.88 bits per heavy atom. The first-order valence-electron chi connectivity index (χ1n) is 5.68. The average Bonchev–Trinajstić information content (AvgIpc) is 2.81. The summed E-state index contributed by atoms with van der Waals surface area (Å²) in [7, 11) is 0. The van der Waals surface area contributed by atoms with Gasteiger partial charge < -0.3 is 5.32 Å². The van der Waals surface area contributed by atoms with Crippen molar-refractivity contribution in [2.24, 2.45) is 0 Å². The quantitative estimate of drug-likeness (QED) is 0.855. The number of halogens is 1. The number of rotatable bonds is 2. The first-order valence-corrected chi connectivity index (χ1v) is 6.76. The molecule has 1 aromatic carbocycles. The van der Waals surface area contributed by atoms with Crippen LogP contribution in [0.2, 0.25) is 0 Å². The zero-order valence-corrected chi connectivity index (χ0v) is 11.4. The molecule has 0 aliphatic heterocycles. The van der Waals surface area contributed by atoms with E-state index in [0.717, 1.165) is 24.3 Å². The van der Waals surface area contributed by atoms with Gasteiger partial charge in [0.05, 0.1) is 0 Å². The minimum Gasteiger partial charge on any atom is -0.340 e. The highest BCUT2D eigenvalue weighted by Gasteiger charge is 2.16. The number of nitrogens with one attached hydrogen (secondary N) is 1. The molecule has 86 valence electrons. The zero-order valence-electron chi connectivity index (χ0n) is 9.28. The summed E-state index contributed by atoms with van der Waals surface area (Å²) in [4.78, 5) is 8.67. The van der Waals surface area contributed by atoms with Gasteiger partial charge in [-0.25, -0.2) is 9.97 Å². The first-order chi connectivity index (χ1) is 8.33. The molecule has 0 atom stereocenters. The monoisotopic (exact) mass is 337 g/mol. The van der Waals surface area contributed by atoms with Crippen molar-refractivity contribution >= 4 is 34.1 Å². The van der Waals surface area contributed by atoms with E-state index in [4.69, 9.17) is 0 Å². The molecule has 17 heavy (non-hydrogen) atoms. The summed E-state index contributed by atoms with van der Waals surface area (Å²) in [5, 5.41) is 3.38. The minimum absolute atomic E-state index is 0.966. The molecule has 0 unspecified atom stereocenters. The van der Waals surface area contributed by atoms with Gasteiger partial charge in [-0.2, -0.15) is 0 Å². The molecule has 0 fully saturated rings. The van der Waals surface area contributed by atoms with Crippen LogP contribution in [0.1, 0.15) is 17.7 Å². The molecule has 0 saturated carbocycles. The molecule has 0 bridgehead atoms. The molecule has 0 spiro atoms. The second kappa shape index (κ2) is 4.60. The highest BCUT2D eigenvalue weighted by atomic mass is 127. The van der Waals surface area contributed by atoms with Gasteiger partial charge in [0.1, 0.15) is 12.1 Å². The minimum atomic E-state index is 0.966. The van der Waals surface area contributed by atoms with E-state index in [-0.39, 0.29) is 0 Å². The van der Waals surface area contributed by atoms with Crippen LogP contribution in [0.3, 0.4) is 0 Å². The fourth-order valence-electron chi connectivity index (χ4n) is 2.14. The molecule has 3 nitrogen and oxygen atoms in total. The van der Waals surface area contributed by atoms with Gasteiger partial charge in [0, 0.05) is 20.5 Å². The van der Waals surface area contributed by atoms with Gasteiger partial charge in [0.25, 0.3) is 0 Å². The fourth-order valence-corrected chi connectivity index (χ4v) is 2.50. The van der Waals surface area contributed by atoms with Crippen LogP contribution in [0, 0.1) is 3.57 Å². The Hall–Kier alpha value is -1.17. The van der Waals surface area contributed by atoms with Gasteiger partial charge >= 0.3 is 0 Å². The zero-order chi connectivity index (χ0) is 11.7. The molecule has 0 saturated heterocycles. The van der Waals surface area contributed by atoms with Crippen molar-refractivity contribution in [3.05, 3.63) is 45.4 Å². The maximum Gasteiger partial charge on any atom is 0.137 e. The Morgan fingerprint density at radius 1 is 1.06 bits per heavy atom. The number of hydrogen-bond donors (Lipinski definition) is 1. The van der Waals surface area contributed by atoms with Crippen LogP contribution in [0.5, 0.6) is 0 Å². The predicted octanol–water partition coefficient (Wildman–Crippen LogP) is 3.31. The number of benzene rings is 1. The maximum absolute atomic E-state index is 4.34. The maximum atomic E-state index is 4.34. The lowest BCUT2D eigenvalue weighted by Gasteiger charge is -2.09. The second-order valence-corrected chi connectivity index (χ2v) is 5.38. The van der Waals surface area contributed by atoms with Crippen LogP contribution in [0.15, 0.2) is 30.6 Å². The van der Waals surface area contributed by atoms with Crippen LogP contribution >= 0.6 is 22.6 Å². The Balaban J connectivity index is 1.91. The topological polar surface area (TPSA) is 37.8 Å². The first kappa shape index (κ1) is 11.0. The van der Waals surface area contributed by atoms with Gasteiger partial charge in [-0.3, -0.25) is 0 Å².